The first-order valence-corrected chi connectivity index (χ1v) is 6.36. The van der Waals surface area contributed by atoms with Crippen LogP contribution in [0.25, 0.3) is 11.1 Å². The molecule has 0 atom stereocenters. The number of hydrogen-bond donors (Lipinski definition) is 1. The topological polar surface area (TPSA) is 46.5 Å². The Labute approximate surface area is 116 Å². The van der Waals surface area contributed by atoms with Crippen molar-refractivity contribution in [3.8, 4) is 16.9 Å². The molecule has 104 valence electrons. The summed E-state index contributed by atoms with van der Waals surface area (Å²) in [6.45, 7) is 0.346. The van der Waals surface area contributed by atoms with Crippen LogP contribution in [0.5, 0.6) is 5.75 Å². The van der Waals surface area contributed by atoms with Gasteiger partial charge in [0.1, 0.15) is 11.6 Å². The van der Waals surface area contributed by atoms with Crippen molar-refractivity contribution >= 4 is 5.97 Å². The molecule has 0 aromatic heterocycles. The van der Waals surface area contributed by atoms with E-state index in [1.165, 1.54) is 12.1 Å². The van der Waals surface area contributed by atoms with E-state index in [-0.39, 0.29) is 12.2 Å². The Morgan fingerprint density at radius 3 is 2.50 bits per heavy atom. The lowest BCUT2D eigenvalue weighted by atomic mass is 10.1. The van der Waals surface area contributed by atoms with Crippen LogP contribution in [0.3, 0.4) is 0 Å². The predicted octanol–water partition coefficient (Wildman–Crippen LogP) is 3.74. The molecule has 20 heavy (non-hydrogen) atoms. The lowest BCUT2D eigenvalue weighted by Crippen LogP contribution is -2.02. The largest absolute Gasteiger partial charge is 0.494 e. The fourth-order valence-electron chi connectivity index (χ4n) is 1.85. The molecular formula is C16H15FO3. The highest BCUT2D eigenvalue weighted by molar-refractivity contribution is 5.66. The van der Waals surface area contributed by atoms with Crippen LogP contribution in [-0.4, -0.2) is 17.7 Å². The summed E-state index contributed by atoms with van der Waals surface area (Å²) in [5.74, 6) is -0.463. The molecule has 0 unspecified atom stereocenters. The molecule has 4 heteroatoms. The normalized spacial score (nSPS) is 10.2. The van der Waals surface area contributed by atoms with Crippen molar-refractivity contribution in [2.75, 3.05) is 6.61 Å². The molecule has 2 rings (SSSR count). The summed E-state index contributed by atoms with van der Waals surface area (Å²) in [6.07, 6.45) is 0.545. The molecule has 2 aromatic carbocycles. The third-order valence-corrected chi connectivity index (χ3v) is 2.80. The van der Waals surface area contributed by atoms with E-state index < -0.39 is 5.97 Å². The van der Waals surface area contributed by atoms with Gasteiger partial charge in [-0.25, -0.2) is 4.39 Å². The predicted molar refractivity (Wildman–Crippen MR) is 74.2 cm³/mol. The Morgan fingerprint density at radius 2 is 1.80 bits per heavy atom. The van der Waals surface area contributed by atoms with Crippen molar-refractivity contribution in [3.63, 3.8) is 0 Å². The lowest BCUT2D eigenvalue weighted by Gasteiger charge is -2.08. The van der Waals surface area contributed by atoms with E-state index in [1.807, 2.05) is 24.3 Å². The minimum atomic E-state index is -0.831. The highest BCUT2D eigenvalue weighted by Gasteiger charge is 2.02. The third-order valence-electron chi connectivity index (χ3n) is 2.80. The minimum absolute atomic E-state index is 0.0869. The van der Waals surface area contributed by atoms with Gasteiger partial charge in [-0.05, 0) is 41.8 Å². The zero-order valence-electron chi connectivity index (χ0n) is 10.9. The number of benzene rings is 2. The van der Waals surface area contributed by atoms with Gasteiger partial charge >= 0.3 is 5.97 Å². The second-order valence-electron chi connectivity index (χ2n) is 4.38. The first-order valence-electron chi connectivity index (χ1n) is 6.36. The summed E-state index contributed by atoms with van der Waals surface area (Å²) >= 11 is 0. The average molecular weight is 274 g/mol. The van der Waals surface area contributed by atoms with Crippen molar-refractivity contribution in [2.45, 2.75) is 12.8 Å². The van der Waals surface area contributed by atoms with Crippen molar-refractivity contribution in [2.24, 2.45) is 0 Å². The quantitative estimate of drug-likeness (QED) is 0.816. The maximum absolute atomic E-state index is 13.2. The van der Waals surface area contributed by atoms with Gasteiger partial charge in [0.25, 0.3) is 0 Å². The summed E-state index contributed by atoms with van der Waals surface area (Å²) in [6, 6.07) is 13.7. The van der Waals surface area contributed by atoms with Gasteiger partial charge in [-0.3, -0.25) is 4.79 Å². The molecule has 0 aliphatic heterocycles. The van der Waals surface area contributed by atoms with Crippen LogP contribution in [0.15, 0.2) is 48.5 Å². The van der Waals surface area contributed by atoms with Gasteiger partial charge in [-0.2, -0.15) is 0 Å². The van der Waals surface area contributed by atoms with E-state index in [0.717, 1.165) is 11.1 Å². The van der Waals surface area contributed by atoms with Crippen LogP contribution in [0.2, 0.25) is 0 Å². The van der Waals surface area contributed by atoms with Crippen LogP contribution >= 0.6 is 0 Å². The highest BCUT2D eigenvalue weighted by Crippen LogP contribution is 2.24. The SMILES string of the molecule is O=C(O)CCCOc1cccc(-c2cccc(F)c2)c1. The molecular weight excluding hydrogens is 259 g/mol. The van der Waals surface area contributed by atoms with Crippen molar-refractivity contribution in [1.82, 2.24) is 0 Å². The number of ether oxygens (including phenoxy) is 1. The molecule has 0 aliphatic rings. The van der Waals surface area contributed by atoms with Gasteiger partial charge in [0, 0.05) is 6.42 Å². The number of aliphatic carboxylic acids is 1. The van der Waals surface area contributed by atoms with E-state index >= 15 is 0 Å². The number of rotatable bonds is 6. The van der Waals surface area contributed by atoms with Gasteiger partial charge in [0.15, 0.2) is 0 Å². The summed E-state index contributed by atoms with van der Waals surface area (Å²) in [4.78, 5) is 10.4. The van der Waals surface area contributed by atoms with E-state index in [1.54, 1.807) is 12.1 Å². The molecule has 0 radical (unpaired) electrons. The molecule has 0 bridgehead atoms. The molecule has 2 aromatic rings. The average Bonchev–Trinajstić information content (AvgIpc) is 2.44. The minimum Gasteiger partial charge on any atom is -0.494 e. The molecule has 0 saturated carbocycles. The van der Waals surface area contributed by atoms with Crippen LogP contribution in [0.4, 0.5) is 4.39 Å². The molecule has 0 amide bonds. The van der Waals surface area contributed by atoms with Crippen molar-refractivity contribution < 1.29 is 19.0 Å². The molecule has 1 N–H and O–H groups in total. The Kier molecular flexibility index (Phi) is 4.71. The smallest absolute Gasteiger partial charge is 0.303 e. The van der Waals surface area contributed by atoms with Crippen molar-refractivity contribution in [1.29, 1.82) is 0 Å². The van der Waals surface area contributed by atoms with Crippen LogP contribution in [0, 0.1) is 5.82 Å². The van der Waals surface area contributed by atoms with Gasteiger partial charge in [0.2, 0.25) is 0 Å². The Morgan fingerprint density at radius 1 is 1.10 bits per heavy atom. The van der Waals surface area contributed by atoms with Gasteiger partial charge in [0.05, 0.1) is 6.61 Å². The lowest BCUT2D eigenvalue weighted by molar-refractivity contribution is -0.137. The second kappa shape index (κ2) is 6.70. The van der Waals surface area contributed by atoms with Gasteiger partial charge in [-0.15, -0.1) is 0 Å². The van der Waals surface area contributed by atoms with E-state index in [9.17, 15) is 9.18 Å². The zero-order valence-corrected chi connectivity index (χ0v) is 10.9. The van der Waals surface area contributed by atoms with Crippen LogP contribution in [-0.2, 0) is 4.79 Å². The van der Waals surface area contributed by atoms with E-state index in [4.69, 9.17) is 9.84 Å². The summed E-state index contributed by atoms with van der Waals surface area (Å²) in [5.41, 5.74) is 1.64. The number of carbonyl (C=O) groups is 1. The first kappa shape index (κ1) is 14.1. The maximum Gasteiger partial charge on any atom is 0.303 e. The molecule has 0 spiro atoms. The molecule has 3 nitrogen and oxygen atoms in total. The summed E-state index contributed by atoms with van der Waals surface area (Å²) in [5, 5.41) is 8.54. The van der Waals surface area contributed by atoms with E-state index in [2.05, 4.69) is 0 Å². The maximum atomic E-state index is 13.2. The molecule has 0 aliphatic carbocycles. The number of carboxylic acids is 1. The fraction of sp³-hybridized carbons (Fsp3) is 0.188. The number of hydrogen-bond acceptors (Lipinski definition) is 2. The van der Waals surface area contributed by atoms with Gasteiger partial charge < -0.3 is 9.84 Å². The van der Waals surface area contributed by atoms with Crippen LogP contribution in [0.1, 0.15) is 12.8 Å². The standard InChI is InChI=1S/C16H15FO3/c17-14-6-1-4-12(10-14)13-5-2-7-15(11-13)20-9-3-8-16(18)19/h1-2,4-7,10-11H,3,8-9H2,(H,18,19). The summed E-state index contributed by atoms with van der Waals surface area (Å²) < 4.78 is 18.7. The monoisotopic (exact) mass is 274 g/mol. The Hall–Kier alpha value is -2.36. The zero-order chi connectivity index (χ0) is 14.4. The Balaban J connectivity index is 2.02. The van der Waals surface area contributed by atoms with Crippen molar-refractivity contribution in [3.05, 3.63) is 54.3 Å². The molecule has 0 saturated heterocycles. The van der Waals surface area contributed by atoms with E-state index in [0.29, 0.717) is 18.8 Å². The Bertz CT molecular complexity index is 596. The first-order chi connectivity index (χ1) is 9.65. The molecule has 0 fully saturated rings. The van der Waals surface area contributed by atoms with Gasteiger partial charge in [-0.1, -0.05) is 24.3 Å². The number of carboxylic acid groups (broad SMARTS) is 1. The third kappa shape index (κ3) is 4.09. The highest BCUT2D eigenvalue weighted by atomic mass is 19.1. The fourth-order valence-corrected chi connectivity index (χ4v) is 1.85. The van der Waals surface area contributed by atoms with Crippen LogP contribution < -0.4 is 4.74 Å². The molecule has 0 heterocycles. The second-order valence-corrected chi connectivity index (χ2v) is 4.38. The number of halogens is 1. The summed E-state index contributed by atoms with van der Waals surface area (Å²) in [7, 11) is 0.